The summed E-state index contributed by atoms with van der Waals surface area (Å²) in [6.07, 6.45) is -18.6. The number of hydrogen-bond donors (Lipinski definition) is 1. The van der Waals surface area contributed by atoms with E-state index in [-0.39, 0.29) is 6.07 Å². The van der Waals surface area contributed by atoms with Crippen LogP contribution in [-0.2, 0) is 18.0 Å². The van der Waals surface area contributed by atoms with Gasteiger partial charge in [0.15, 0.2) is 5.82 Å². The highest BCUT2D eigenvalue weighted by Crippen LogP contribution is 2.54. The molecule has 3 aromatic rings. The lowest BCUT2D eigenvalue weighted by atomic mass is 9.92. The van der Waals surface area contributed by atoms with Gasteiger partial charge in [0.1, 0.15) is 5.69 Å². The molecule has 0 spiro atoms. The summed E-state index contributed by atoms with van der Waals surface area (Å²) in [6.45, 7) is -0.775. The predicted octanol–water partition coefficient (Wildman–Crippen LogP) is 8.68. The van der Waals surface area contributed by atoms with E-state index in [9.17, 15) is 66.7 Å². The Kier molecular flexibility index (Phi) is 10.2. The first-order chi connectivity index (χ1) is 21.4. The number of carbonyl (C=O) groups excluding carboxylic acids is 2. The van der Waals surface area contributed by atoms with Gasteiger partial charge in [-0.15, -0.1) is 6.42 Å². The van der Waals surface area contributed by atoms with Gasteiger partial charge in [0.2, 0.25) is 0 Å². The molecule has 2 aromatic carbocycles. The van der Waals surface area contributed by atoms with Crippen LogP contribution in [0.15, 0.2) is 48.7 Å². The molecule has 0 aliphatic carbocycles. The summed E-state index contributed by atoms with van der Waals surface area (Å²) in [5, 5.41) is 1.53. The third-order valence-electron chi connectivity index (χ3n) is 6.12. The topological polar surface area (TPSA) is 62.3 Å². The third kappa shape index (κ3) is 7.38. The van der Waals surface area contributed by atoms with Crippen LogP contribution < -0.4 is 10.2 Å². The highest BCUT2D eigenvalue weighted by molar-refractivity contribution is 14.1. The lowest BCUT2D eigenvalue weighted by Gasteiger charge is -2.31. The van der Waals surface area contributed by atoms with E-state index in [0.29, 0.717) is 29.3 Å². The normalized spacial score (nSPS) is 12.8. The molecule has 0 saturated heterocycles. The van der Waals surface area contributed by atoms with Crippen LogP contribution in [0.25, 0.3) is 0 Å². The molecule has 0 atom stereocenters. The number of alkyl halides is 13. The Labute approximate surface area is 267 Å². The molecule has 5 nitrogen and oxygen atoms in total. The third-order valence-corrected chi connectivity index (χ3v) is 6.97. The summed E-state index contributed by atoms with van der Waals surface area (Å²) in [5.74, 6) is -2.71. The Morgan fingerprint density at radius 1 is 0.872 bits per heavy atom. The summed E-state index contributed by atoms with van der Waals surface area (Å²) in [6, 6.07) is 2.42. The molecule has 0 fully saturated rings. The van der Waals surface area contributed by atoms with Gasteiger partial charge >= 0.3 is 30.4 Å². The molecule has 47 heavy (non-hydrogen) atoms. The number of benzene rings is 2. The van der Waals surface area contributed by atoms with Crippen LogP contribution in [0.5, 0.6) is 0 Å². The van der Waals surface area contributed by atoms with E-state index in [1.54, 1.807) is 0 Å². The maximum Gasteiger partial charge on any atom is 0.435 e. The van der Waals surface area contributed by atoms with Gasteiger partial charge < -0.3 is 5.32 Å². The van der Waals surface area contributed by atoms with Gasteiger partial charge in [0.25, 0.3) is 11.8 Å². The molecule has 252 valence electrons. The minimum atomic E-state index is -6.77. The van der Waals surface area contributed by atoms with Crippen LogP contribution in [0.1, 0.15) is 37.5 Å². The number of halogens is 15. The largest absolute Gasteiger partial charge is 0.435 e. The molecule has 2 amide bonds. The van der Waals surface area contributed by atoms with Gasteiger partial charge in [0.05, 0.1) is 34.6 Å². The van der Waals surface area contributed by atoms with Crippen LogP contribution in [0.3, 0.4) is 0 Å². The standard InChI is InChI=1S/C27H12F14IN3O2/c1-2-8-45(22(47)12-6-7-18(43-11-12)25(33,34)35)17-5-3-4-14(19(17)28)21(46)44-20-15(24(30,31)32)9-13(10-16(20)42)23(29,26(36,37)38)27(39,40)41/h1,3-7,9-11H,8H2,(H,44,46). The van der Waals surface area contributed by atoms with Crippen LogP contribution >= 0.6 is 22.6 Å². The fourth-order valence-corrected chi connectivity index (χ4v) is 4.69. The van der Waals surface area contributed by atoms with Crippen molar-refractivity contribution in [2.45, 2.75) is 30.4 Å². The van der Waals surface area contributed by atoms with E-state index in [1.807, 2.05) is 5.92 Å². The molecule has 0 aliphatic rings. The van der Waals surface area contributed by atoms with Gasteiger partial charge in [-0.2, -0.15) is 52.7 Å². The minimum absolute atomic E-state index is 0.245. The van der Waals surface area contributed by atoms with Gasteiger partial charge in [-0.05, 0) is 59.0 Å². The second-order valence-corrected chi connectivity index (χ2v) is 10.3. The number of hydrogen-bond acceptors (Lipinski definition) is 3. The maximum absolute atomic E-state index is 15.6. The number of aromatic nitrogens is 1. The quantitative estimate of drug-likeness (QED) is 0.154. The van der Waals surface area contributed by atoms with Crippen molar-refractivity contribution >= 4 is 45.8 Å². The highest BCUT2D eigenvalue weighted by Gasteiger charge is 2.73. The SMILES string of the molecule is C#CCN(C(=O)c1ccc(C(F)(F)F)nc1)c1cccc(C(=O)Nc2c(I)cc(C(F)(C(F)(F)F)C(F)(F)F)cc2C(F)(F)F)c1F. The zero-order valence-electron chi connectivity index (χ0n) is 22.3. The minimum Gasteiger partial charge on any atom is -0.320 e. The van der Waals surface area contributed by atoms with Crippen molar-refractivity contribution in [1.82, 2.24) is 4.98 Å². The Morgan fingerprint density at radius 2 is 1.47 bits per heavy atom. The van der Waals surface area contributed by atoms with Crippen LogP contribution in [0.4, 0.5) is 72.8 Å². The van der Waals surface area contributed by atoms with Crippen LogP contribution in [0, 0.1) is 21.7 Å². The maximum atomic E-state index is 15.6. The molecule has 20 heteroatoms. The number of nitrogens with one attached hydrogen (secondary N) is 1. The van der Waals surface area contributed by atoms with E-state index in [4.69, 9.17) is 6.42 Å². The molecule has 3 rings (SSSR count). The van der Waals surface area contributed by atoms with E-state index in [1.165, 1.54) is 5.32 Å². The van der Waals surface area contributed by atoms with Gasteiger partial charge in [-0.1, -0.05) is 12.0 Å². The first-order valence-electron chi connectivity index (χ1n) is 12.0. The summed E-state index contributed by atoms with van der Waals surface area (Å²) >= 11 is 0.799. The molecule has 0 radical (unpaired) electrons. The van der Waals surface area contributed by atoms with Crippen molar-refractivity contribution in [3.05, 3.63) is 86.0 Å². The van der Waals surface area contributed by atoms with Crippen molar-refractivity contribution in [1.29, 1.82) is 0 Å². The van der Waals surface area contributed by atoms with Gasteiger partial charge in [-0.3, -0.25) is 19.5 Å². The summed E-state index contributed by atoms with van der Waals surface area (Å²) in [7, 11) is 0. The zero-order valence-corrected chi connectivity index (χ0v) is 24.4. The number of nitrogens with zero attached hydrogens (tertiary/aromatic N) is 2. The Bertz CT molecular complexity index is 1710. The molecule has 0 bridgehead atoms. The van der Waals surface area contributed by atoms with Gasteiger partial charge in [0, 0.05) is 15.3 Å². The van der Waals surface area contributed by atoms with Crippen LogP contribution in [-0.4, -0.2) is 35.7 Å². The number of pyridine rings is 1. The molecule has 1 heterocycles. The van der Waals surface area contributed by atoms with Crippen molar-refractivity contribution < 1.29 is 71.1 Å². The number of rotatable bonds is 6. The second-order valence-electron chi connectivity index (χ2n) is 9.15. The van der Waals surface area contributed by atoms with Gasteiger partial charge in [-0.25, -0.2) is 8.78 Å². The van der Waals surface area contributed by atoms with Crippen molar-refractivity contribution in [3.63, 3.8) is 0 Å². The second kappa shape index (κ2) is 12.8. The lowest BCUT2D eigenvalue weighted by Crippen LogP contribution is -2.50. The Morgan fingerprint density at radius 3 is 1.94 bits per heavy atom. The average Bonchev–Trinajstić information content (AvgIpc) is 2.94. The van der Waals surface area contributed by atoms with E-state index < -0.39 is 104 Å². The van der Waals surface area contributed by atoms with Crippen molar-refractivity contribution in [2.75, 3.05) is 16.8 Å². The average molecular weight is 803 g/mol. The summed E-state index contributed by atoms with van der Waals surface area (Å²) in [5.41, 5.74) is -16.5. The smallest absolute Gasteiger partial charge is 0.320 e. The molecule has 0 saturated carbocycles. The Balaban J connectivity index is 2.10. The van der Waals surface area contributed by atoms with E-state index in [0.717, 1.165) is 34.7 Å². The van der Waals surface area contributed by atoms with E-state index in [2.05, 4.69) is 4.98 Å². The predicted molar refractivity (Wildman–Crippen MR) is 143 cm³/mol. The van der Waals surface area contributed by atoms with Crippen molar-refractivity contribution in [3.8, 4) is 12.3 Å². The zero-order chi connectivity index (χ0) is 35.9. The fraction of sp³-hybridized carbons (Fsp3) is 0.222. The fourth-order valence-electron chi connectivity index (χ4n) is 3.93. The molecular formula is C27H12F14IN3O2. The summed E-state index contributed by atoms with van der Waals surface area (Å²) in [4.78, 5) is 29.5. The van der Waals surface area contributed by atoms with E-state index >= 15 is 4.39 Å². The molecular weight excluding hydrogens is 791 g/mol. The summed E-state index contributed by atoms with van der Waals surface area (Å²) < 4.78 is 189. The first-order valence-corrected chi connectivity index (χ1v) is 13.1. The molecule has 0 unspecified atom stereocenters. The molecule has 1 N–H and O–H groups in total. The molecule has 0 aliphatic heterocycles. The highest BCUT2D eigenvalue weighted by atomic mass is 127. The molecule has 1 aromatic heterocycles. The number of amides is 2. The van der Waals surface area contributed by atoms with Crippen LogP contribution in [0.2, 0.25) is 0 Å². The monoisotopic (exact) mass is 803 g/mol. The number of anilines is 2. The Hall–Kier alpha value is -4.16. The van der Waals surface area contributed by atoms with Crippen molar-refractivity contribution in [2.24, 2.45) is 0 Å². The first kappa shape index (κ1) is 37.3. The number of terminal acetylenes is 1. The lowest BCUT2D eigenvalue weighted by molar-refractivity contribution is -0.348. The number of carbonyl (C=O) groups is 2.